The van der Waals surface area contributed by atoms with Crippen molar-refractivity contribution in [3.05, 3.63) is 12.2 Å². The minimum absolute atomic E-state index is 0.0282. The van der Waals surface area contributed by atoms with Gasteiger partial charge in [0.05, 0.1) is 18.8 Å². The number of carbonyl (C=O) groups is 1. The number of unbranched alkanes of at least 4 members (excludes halogenated alkanes) is 37. The molecule has 0 radical (unpaired) electrons. The molecule has 4 heteroatoms. The highest BCUT2D eigenvalue weighted by Crippen LogP contribution is 2.17. The highest BCUT2D eigenvalue weighted by Gasteiger charge is 2.20. The van der Waals surface area contributed by atoms with Gasteiger partial charge in [0.1, 0.15) is 0 Å². The van der Waals surface area contributed by atoms with Crippen LogP contribution in [0.15, 0.2) is 12.2 Å². The molecule has 2 atom stereocenters. The Kier molecular flexibility index (Phi) is 45.8. The first-order valence-electron chi connectivity index (χ1n) is 24.9. The molecule has 4 nitrogen and oxygen atoms in total. The minimum atomic E-state index is -0.654. The molecule has 0 heterocycles. The number of allylic oxidation sites excluding steroid dienone is 2. The van der Waals surface area contributed by atoms with E-state index in [4.69, 9.17) is 0 Å². The Hall–Kier alpha value is -0.870. The molecule has 0 spiro atoms. The normalized spacial score (nSPS) is 12.9. The average molecular weight is 762 g/mol. The van der Waals surface area contributed by atoms with Crippen molar-refractivity contribution in [2.45, 2.75) is 296 Å². The largest absolute Gasteiger partial charge is 0.394 e. The van der Waals surface area contributed by atoms with E-state index in [1.54, 1.807) is 0 Å². The molecule has 2 unspecified atom stereocenters. The van der Waals surface area contributed by atoms with Crippen molar-refractivity contribution in [3.63, 3.8) is 0 Å². The molecular weight excluding hydrogens is 663 g/mol. The lowest BCUT2D eigenvalue weighted by Crippen LogP contribution is -2.45. The van der Waals surface area contributed by atoms with Crippen LogP contribution in [-0.2, 0) is 4.79 Å². The Bertz CT molecular complexity index is 739. The third-order valence-corrected chi connectivity index (χ3v) is 11.8. The van der Waals surface area contributed by atoms with E-state index in [1.165, 1.54) is 231 Å². The molecule has 0 rings (SSSR count). The molecule has 0 aromatic rings. The van der Waals surface area contributed by atoms with Gasteiger partial charge in [-0.3, -0.25) is 4.79 Å². The maximum atomic E-state index is 12.4. The van der Waals surface area contributed by atoms with Gasteiger partial charge in [0, 0.05) is 6.42 Å². The van der Waals surface area contributed by atoms with Crippen LogP contribution in [0.5, 0.6) is 0 Å². The summed E-state index contributed by atoms with van der Waals surface area (Å²) in [5.74, 6) is -0.0282. The van der Waals surface area contributed by atoms with Crippen molar-refractivity contribution >= 4 is 5.91 Å². The molecule has 54 heavy (non-hydrogen) atoms. The fourth-order valence-electron chi connectivity index (χ4n) is 7.95. The van der Waals surface area contributed by atoms with Gasteiger partial charge in [-0.25, -0.2) is 0 Å². The summed E-state index contributed by atoms with van der Waals surface area (Å²) in [5.41, 5.74) is 0. The number of hydrogen-bond donors (Lipinski definition) is 3. The van der Waals surface area contributed by atoms with Gasteiger partial charge in [-0.05, 0) is 38.5 Å². The summed E-state index contributed by atoms with van der Waals surface area (Å²) in [7, 11) is 0. The Morgan fingerprint density at radius 1 is 0.426 bits per heavy atom. The molecule has 1 amide bonds. The first-order valence-corrected chi connectivity index (χ1v) is 24.9. The van der Waals surface area contributed by atoms with Crippen LogP contribution in [0.2, 0.25) is 0 Å². The third kappa shape index (κ3) is 42.3. The Labute approximate surface area is 339 Å². The van der Waals surface area contributed by atoms with Crippen molar-refractivity contribution in [2.75, 3.05) is 6.61 Å². The van der Waals surface area contributed by atoms with Crippen LogP contribution in [-0.4, -0.2) is 34.9 Å². The maximum Gasteiger partial charge on any atom is 0.220 e. The molecule has 322 valence electrons. The second kappa shape index (κ2) is 46.5. The average Bonchev–Trinajstić information content (AvgIpc) is 3.18. The van der Waals surface area contributed by atoms with Gasteiger partial charge in [0.25, 0.3) is 0 Å². The van der Waals surface area contributed by atoms with E-state index in [2.05, 4.69) is 31.3 Å². The number of hydrogen-bond acceptors (Lipinski definition) is 3. The van der Waals surface area contributed by atoms with Crippen molar-refractivity contribution in [1.82, 2.24) is 5.32 Å². The van der Waals surface area contributed by atoms with Gasteiger partial charge < -0.3 is 15.5 Å². The first kappa shape index (κ1) is 53.1. The summed E-state index contributed by atoms with van der Waals surface area (Å²) in [6.45, 7) is 4.37. The lowest BCUT2D eigenvalue weighted by molar-refractivity contribution is -0.123. The SMILES string of the molecule is CCCCCCCCCCCCCC/C=C\CCCCCCCCCCCCCCCCCC(=O)NC(CO)C(O)CCCCCCCCCCCCC. The fraction of sp³-hybridized carbons (Fsp3) is 0.940. The molecule has 0 bridgehead atoms. The van der Waals surface area contributed by atoms with E-state index in [0.717, 1.165) is 25.7 Å². The second-order valence-electron chi connectivity index (χ2n) is 17.2. The molecular formula is C50H99NO3. The predicted molar refractivity (Wildman–Crippen MR) is 239 cm³/mol. The van der Waals surface area contributed by atoms with E-state index >= 15 is 0 Å². The van der Waals surface area contributed by atoms with Crippen molar-refractivity contribution < 1.29 is 15.0 Å². The standard InChI is InChI=1S/C50H99NO3/c1-3-5-7-9-11-13-15-16-17-18-19-20-21-22-23-24-25-26-27-28-29-30-31-32-33-34-36-38-40-42-44-46-50(54)51-48(47-52)49(53)45-43-41-39-37-35-14-12-10-8-6-4-2/h22-23,48-49,52-53H,3-21,24-47H2,1-2H3,(H,51,54)/b23-22-. The van der Waals surface area contributed by atoms with Crippen LogP contribution in [0.4, 0.5) is 0 Å². The monoisotopic (exact) mass is 762 g/mol. The van der Waals surface area contributed by atoms with Gasteiger partial charge in [-0.2, -0.15) is 0 Å². The summed E-state index contributed by atoms with van der Waals surface area (Å²) in [5, 5.41) is 23.1. The number of carbonyl (C=O) groups excluding carboxylic acids is 1. The van der Waals surface area contributed by atoms with Gasteiger partial charge in [0.15, 0.2) is 0 Å². The first-order chi connectivity index (χ1) is 26.7. The summed E-state index contributed by atoms with van der Waals surface area (Å²) in [6, 6.07) is -0.531. The number of aliphatic hydroxyl groups is 2. The van der Waals surface area contributed by atoms with Gasteiger partial charge in [-0.15, -0.1) is 0 Å². The number of aliphatic hydroxyl groups excluding tert-OH is 2. The van der Waals surface area contributed by atoms with E-state index in [9.17, 15) is 15.0 Å². The summed E-state index contributed by atoms with van der Waals surface area (Å²) in [6.07, 6.45) is 59.0. The molecule has 0 aliphatic heterocycles. The van der Waals surface area contributed by atoms with Crippen LogP contribution >= 0.6 is 0 Å². The summed E-state index contributed by atoms with van der Waals surface area (Å²) >= 11 is 0. The number of rotatable bonds is 46. The van der Waals surface area contributed by atoms with Crippen LogP contribution in [0.3, 0.4) is 0 Å². The highest BCUT2D eigenvalue weighted by molar-refractivity contribution is 5.76. The Morgan fingerprint density at radius 2 is 0.704 bits per heavy atom. The lowest BCUT2D eigenvalue weighted by atomic mass is 10.0. The van der Waals surface area contributed by atoms with Crippen LogP contribution in [0, 0.1) is 0 Å². The quantitative estimate of drug-likeness (QED) is 0.0427. The van der Waals surface area contributed by atoms with Crippen molar-refractivity contribution in [3.8, 4) is 0 Å². The Morgan fingerprint density at radius 3 is 1.02 bits per heavy atom. The molecule has 0 aliphatic rings. The van der Waals surface area contributed by atoms with Crippen LogP contribution in [0.1, 0.15) is 284 Å². The van der Waals surface area contributed by atoms with E-state index in [-0.39, 0.29) is 12.5 Å². The predicted octanol–water partition coefficient (Wildman–Crippen LogP) is 15.8. The summed E-state index contributed by atoms with van der Waals surface area (Å²) in [4.78, 5) is 12.4. The molecule has 0 fully saturated rings. The molecule has 0 saturated carbocycles. The molecule has 3 N–H and O–H groups in total. The van der Waals surface area contributed by atoms with Gasteiger partial charge in [-0.1, -0.05) is 251 Å². The van der Waals surface area contributed by atoms with Gasteiger partial charge >= 0.3 is 0 Å². The third-order valence-electron chi connectivity index (χ3n) is 11.8. The molecule has 0 aliphatic carbocycles. The highest BCUT2D eigenvalue weighted by atomic mass is 16.3. The topological polar surface area (TPSA) is 69.6 Å². The zero-order valence-corrected chi connectivity index (χ0v) is 37.0. The zero-order valence-electron chi connectivity index (χ0n) is 37.0. The lowest BCUT2D eigenvalue weighted by Gasteiger charge is -2.22. The van der Waals surface area contributed by atoms with Crippen molar-refractivity contribution in [2.24, 2.45) is 0 Å². The summed E-state index contributed by atoms with van der Waals surface area (Å²) < 4.78 is 0. The van der Waals surface area contributed by atoms with E-state index in [0.29, 0.717) is 12.8 Å². The molecule has 0 saturated heterocycles. The minimum Gasteiger partial charge on any atom is -0.394 e. The fourth-order valence-corrected chi connectivity index (χ4v) is 7.95. The smallest absolute Gasteiger partial charge is 0.220 e. The van der Waals surface area contributed by atoms with E-state index in [1.807, 2.05) is 0 Å². The molecule has 0 aromatic carbocycles. The van der Waals surface area contributed by atoms with Crippen LogP contribution in [0.25, 0.3) is 0 Å². The van der Waals surface area contributed by atoms with Crippen molar-refractivity contribution in [1.29, 1.82) is 0 Å². The molecule has 0 aromatic heterocycles. The zero-order chi connectivity index (χ0) is 39.3. The van der Waals surface area contributed by atoms with Crippen LogP contribution < -0.4 is 5.32 Å². The van der Waals surface area contributed by atoms with E-state index < -0.39 is 12.1 Å². The number of nitrogens with one attached hydrogen (secondary N) is 1. The number of amides is 1. The second-order valence-corrected chi connectivity index (χ2v) is 17.2. The maximum absolute atomic E-state index is 12.4. The van der Waals surface area contributed by atoms with Gasteiger partial charge in [0.2, 0.25) is 5.91 Å². The Balaban J connectivity index is 3.38.